The van der Waals surface area contributed by atoms with Crippen LogP contribution < -0.4 is 10.1 Å². The highest BCUT2D eigenvalue weighted by Crippen LogP contribution is 2.09. The topological polar surface area (TPSA) is 88.5 Å². The number of hydrogen-bond donors (Lipinski definition) is 2. The zero-order valence-corrected chi connectivity index (χ0v) is 13.2. The van der Waals surface area contributed by atoms with Crippen LogP contribution in [-0.4, -0.2) is 34.6 Å². The molecule has 0 saturated heterocycles. The lowest BCUT2D eigenvalue weighted by Crippen LogP contribution is -2.24. The quantitative estimate of drug-likeness (QED) is 0.649. The molecule has 0 spiro atoms. The van der Waals surface area contributed by atoms with Gasteiger partial charge in [0.2, 0.25) is 5.88 Å². The first kappa shape index (κ1) is 17.9. The molecule has 0 aromatic carbocycles. The van der Waals surface area contributed by atoms with Crippen molar-refractivity contribution in [3.8, 4) is 5.88 Å². The summed E-state index contributed by atoms with van der Waals surface area (Å²) in [6, 6.07) is 3.37. The molecule has 1 rings (SSSR count). The molecule has 2 N–H and O–H groups in total. The van der Waals surface area contributed by atoms with Crippen molar-refractivity contribution in [3.63, 3.8) is 0 Å². The molecule has 22 heavy (non-hydrogen) atoms. The van der Waals surface area contributed by atoms with Crippen LogP contribution in [0, 0.1) is 0 Å². The van der Waals surface area contributed by atoms with Gasteiger partial charge in [0.25, 0.3) is 5.91 Å². The smallest absolute Gasteiger partial charge is 0.303 e. The Labute approximate surface area is 130 Å². The first-order valence-electron chi connectivity index (χ1n) is 7.61. The number of aliphatic carboxylic acids is 1. The zero-order chi connectivity index (χ0) is 16.4. The van der Waals surface area contributed by atoms with Gasteiger partial charge in [0.15, 0.2) is 0 Å². The number of aromatic nitrogens is 1. The maximum Gasteiger partial charge on any atom is 0.303 e. The van der Waals surface area contributed by atoms with Gasteiger partial charge in [-0.05, 0) is 32.8 Å². The SMILES string of the molecule is CC(C)Oc1ccc(C(=O)NCCCCCCC(=O)O)cn1. The number of ether oxygens (including phenoxy) is 1. The number of unbranched alkanes of at least 4 members (excludes halogenated alkanes) is 3. The summed E-state index contributed by atoms with van der Waals surface area (Å²) in [4.78, 5) is 26.3. The highest BCUT2D eigenvalue weighted by atomic mass is 16.5. The van der Waals surface area contributed by atoms with Crippen molar-refractivity contribution in [3.05, 3.63) is 23.9 Å². The number of nitrogens with zero attached hydrogens (tertiary/aromatic N) is 1. The van der Waals surface area contributed by atoms with Gasteiger partial charge in [-0.25, -0.2) is 4.98 Å². The maximum absolute atomic E-state index is 11.9. The third kappa shape index (κ3) is 7.61. The van der Waals surface area contributed by atoms with Crippen LogP contribution in [0.4, 0.5) is 0 Å². The lowest BCUT2D eigenvalue weighted by Gasteiger charge is -2.09. The predicted molar refractivity (Wildman–Crippen MR) is 83.1 cm³/mol. The van der Waals surface area contributed by atoms with Crippen molar-refractivity contribution in [2.24, 2.45) is 0 Å². The molecule has 1 aromatic rings. The number of nitrogens with one attached hydrogen (secondary N) is 1. The van der Waals surface area contributed by atoms with Crippen LogP contribution in [0.25, 0.3) is 0 Å². The summed E-state index contributed by atoms with van der Waals surface area (Å²) in [7, 11) is 0. The molecule has 1 amide bonds. The maximum atomic E-state index is 11.9. The minimum absolute atomic E-state index is 0.0494. The summed E-state index contributed by atoms with van der Waals surface area (Å²) in [5.74, 6) is -0.412. The second-order valence-electron chi connectivity index (χ2n) is 5.37. The molecule has 0 aliphatic carbocycles. The summed E-state index contributed by atoms with van der Waals surface area (Å²) < 4.78 is 5.42. The molecule has 0 fully saturated rings. The van der Waals surface area contributed by atoms with Crippen LogP contribution in [0.2, 0.25) is 0 Å². The Morgan fingerprint density at radius 1 is 1.23 bits per heavy atom. The van der Waals surface area contributed by atoms with Crippen LogP contribution in [0.3, 0.4) is 0 Å². The van der Waals surface area contributed by atoms with Crippen molar-refractivity contribution in [1.29, 1.82) is 0 Å². The van der Waals surface area contributed by atoms with Gasteiger partial charge in [0.1, 0.15) is 0 Å². The van der Waals surface area contributed by atoms with Crippen LogP contribution >= 0.6 is 0 Å². The normalized spacial score (nSPS) is 10.5. The fraction of sp³-hybridized carbons (Fsp3) is 0.562. The minimum atomic E-state index is -0.759. The Kier molecular flexibility index (Phi) is 7.96. The van der Waals surface area contributed by atoms with E-state index in [0.29, 0.717) is 24.4 Å². The highest BCUT2D eigenvalue weighted by Gasteiger charge is 2.06. The molecule has 0 bridgehead atoms. The molecule has 0 aliphatic heterocycles. The third-order valence-corrected chi connectivity index (χ3v) is 2.96. The van der Waals surface area contributed by atoms with Gasteiger partial charge in [-0.3, -0.25) is 9.59 Å². The largest absolute Gasteiger partial charge is 0.481 e. The van der Waals surface area contributed by atoms with E-state index < -0.39 is 5.97 Å². The summed E-state index contributed by atoms with van der Waals surface area (Å²) in [5, 5.41) is 11.3. The van der Waals surface area contributed by atoms with E-state index in [-0.39, 0.29) is 18.4 Å². The molecule has 0 atom stereocenters. The molecule has 1 heterocycles. The van der Waals surface area contributed by atoms with E-state index in [9.17, 15) is 9.59 Å². The van der Waals surface area contributed by atoms with Gasteiger partial charge in [-0.15, -0.1) is 0 Å². The average molecular weight is 308 g/mol. The number of hydrogen-bond acceptors (Lipinski definition) is 4. The van der Waals surface area contributed by atoms with Crippen molar-refractivity contribution in [1.82, 2.24) is 10.3 Å². The van der Waals surface area contributed by atoms with Gasteiger partial charge in [0, 0.05) is 25.2 Å². The number of rotatable bonds is 10. The van der Waals surface area contributed by atoms with E-state index in [4.69, 9.17) is 9.84 Å². The molecule has 0 saturated carbocycles. The fourth-order valence-electron chi connectivity index (χ4n) is 1.88. The highest BCUT2D eigenvalue weighted by molar-refractivity contribution is 5.93. The Hall–Kier alpha value is -2.11. The number of carboxylic acid groups (broad SMARTS) is 1. The fourth-order valence-corrected chi connectivity index (χ4v) is 1.88. The average Bonchev–Trinajstić information content (AvgIpc) is 2.46. The van der Waals surface area contributed by atoms with Crippen molar-refractivity contribution < 1.29 is 19.4 Å². The monoisotopic (exact) mass is 308 g/mol. The number of carbonyl (C=O) groups excluding carboxylic acids is 1. The van der Waals surface area contributed by atoms with E-state index in [1.54, 1.807) is 12.1 Å². The molecule has 1 aromatic heterocycles. The molecule has 0 aliphatic rings. The molecule has 6 heteroatoms. The van der Waals surface area contributed by atoms with Gasteiger partial charge in [0.05, 0.1) is 11.7 Å². The molecule has 6 nitrogen and oxygen atoms in total. The molecule has 122 valence electrons. The molecular formula is C16H24N2O4. The number of carboxylic acids is 1. The molecular weight excluding hydrogens is 284 g/mol. The Balaban J connectivity index is 2.21. The van der Waals surface area contributed by atoms with E-state index >= 15 is 0 Å². The molecule has 0 radical (unpaired) electrons. The van der Waals surface area contributed by atoms with Crippen LogP contribution in [0.5, 0.6) is 5.88 Å². The first-order chi connectivity index (χ1) is 10.5. The van der Waals surface area contributed by atoms with E-state index in [0.717, 1.165) is 19.3 Å². The predicted octanol–water partition coefficient (Wildman–Crippen LogP) is 2.63. The van der Waals surface area contributed by atoms with Crippen molar-refractivity contribution in [2.75, 3.05) is 6.54 Å². The van der Waals surface area contributed by atoms with Gasteiger partial charge in [-0.2, -0.15) is 0 Å². The summed E-state index contributed by atoms with van der Waals surface area (Å²) in [6.45, 7) is 4.41. The van der Waals surface area contributed by atoms with Gasteiger partial charge >= 0.3 is 5.97 Å². The third-order valence-electron chi connectivity index (χ3n) is 2.96. The van der Waals surface area contributed by atoms with E-state index in [1.165, 1.54) is 6.20 Å². The first-order valence-corrected chi connectivity index (χ1v) is 7.61. The van der Waals surface area contributed by atoms with Crippen molar-refractivity contribution in [2.45, 2.75) is 52.1 Å². The summed E-state index contributed by atoms with van der Waals surface area (Å²) in [6.07, 6.45) is 5.06. The van der Waals surface area contributed by atoms with E-state index in [1.807, 2.05) is 13.8 Å². The number of amides is 1. The lowest BCUT2D eigenvalue weighted by atomic mass is 10.1. The van der Waals surface area contributed by atoms with E-state index in [2.05, 4.69) is 10.3 Å². The zero-order valence-electron chi connectivity index (χ0n) is 13.2. The Morgan fingerprint density at radius 3 is 2.55 bits per heavy atom. The lowest BCUT2D eigenvalue weighted by molar-refractivity contribution is -0.137. The molecule has 0 unspecified atom stereocenters. The number of pyridine rings is 1. The summed E-state index contributed by atoms with van der Waals surface area (Å²) in [5.41, 5.74) is 0.502. The van der Waals surface area contributed by atoms with Crippen LogP contribution in [0.15, 0.2) is 18.3 Å². The van der Waals surface area contributed by atoms with Crippen molar-refractivity contribution >= 4 is 11.9 Å². The Bertz CT molecular complexity index is 472. The van der Waals surface area contributed by atoms with Crippen LogP contribution in [-0.2, 0) is 4.79 Å². The van der Waals surface area contributed by atoms with Gasteiger partial charge in [-0.1, -0.05) is 12.8 Å². The van der Waals surface area contributed by atoms with Crippen LogP contribution in [0.1, 0.15) is 56.3 Å². The Morgan fingerprint density at radius 2 is 1.95 bits per heavy atom. The standard InChI is InChI=1S/C16H24N2O4/c1-12(2)22-14-9-8-13(11-18-14)16(21)17-10-6-4-3-5-7-15(19)20/h8-9,11-12H,3-7,10H2,1-2H3,(H,17,21)(H,19,20). The van der Waals surface area contributed by atoms with Gasteiger partial charge < -0.3 is 15.2 Å². The second kappa shape index (κ2) is 9.76. The summed E-state index contributed by atoms with van der Waals surface area (Å²) >= 11 is 0. The second-order valence-corrected chi connectivity index (χ2v) is 5.37. The minimum Gasteiger partial charge on any atom is -0.481 e. The number of carbonyl (C=O) groups is 2.